The zero-order chi connectivity index (χ0) is 11.0. The molecule has 78 valence electrons. The van der Waals surface area contributed by atoms with Gasteiger partial charge in [-0.1, -0.05) is 19.9 Å². The smallest absolute Gasteiger partial charge is 0.348 e. The molecule has 0 aliphatic carbocycles. The second kappa shape index (κ2) is 7.14. The standard InChI is InChI=1S/C11H17NO2/c1-4-9(5-2)7-10(8-12)11(13)14-6-3/h7,9H,4-6H2,1-3H3. The van der Waals surface area contributed by atoms with E-state index in [1.165, 1.54) is 0 Å². The molecular weight excluding hydrogens is 178 g/mol. The average molecular weight is 195 g/mol. The van der Waals surface area contributed by atoms with Crippen molar-refractivity contribution in [1.29, 1.82) is 5.26 Å². The highest BCUT2D eigenvalue weighted by atomic mass is 16.5. The lowest BCUT2D eigenvalue weighted by Crippen LogP contribution is -2.08. The van der Waals surface area contributed by atoms with Gasteiger partial charge in [0.15, 0.2) is 0 Å². The van der Waals surface area contributed by atoms with Gasteiger partial charge in [0.25, 0.3) is 0 Å². The molecule has 0 fully saturated rings. The number of carbonyl (C=O) groups excluding carboxylic acids is 1. The van der Waals surface area contributed by atoms with E-state index in [2.05, 4.69) is 0 Å². The van der Waals surface area contributed by atoms with Crippen molar-refractivity contribution in [3.05, 3.63) is 11.6 Å². The first-order valence-electron chi connectivity index (χ1n) is 4.98. The summed E-state index contributed by atoms with van der Waals surface area (Å²) < 4.78 is 4.76. The van der Waals surface area contributed by atoms with Crippen LogP contribution in [-0.2, 0) is 9.53 Å². The third-order valence-electron chi connectivity index (χ3n) is 2.07. The zero-order valence-electron chi connectivity index (χ0n) is 9.04. The number of carbonyl (C=O) groups is 1. The van der Waals surface area contributed by atoms with Crippen LogP contribution in [0.5, 0.6) is 0 Å². The van der Waals surface area contributed by atoms with E-state index in [0.717, 1.165) is 12.8 Å². The molecule has 0 bridgehead atoms. The number of hydrogen-bond acceptors (Lipinski definition) is 3. The average Bonchev–Trinajstić information content (AvgIpc) is 2.20. The molecule has 0 radical (unpaired) electrons. The van der Waals surface area contributed by atoms with Crippen molar-refractivity contribution in [2.45, 2.75) is 33.6 Å². The minimum absolute atomic E-state index is 0.126. The lowest BCUT2D eigenvalue weighted by molar-refractivity contribution is -0.138. The van der Waals surface area contributed by atoms with Crippen LogP contribution in [0.4, 0.5) is 0 Å². The molecule has 0 aromatic carbocycles. The maximum atomic E-state index is 11.2. The molecule has 3 nitrogen and oxygen atoms in total. The molecule has 0 aromatic heterocycles. The van der Waals surface area contributed by atoms with Gasteiger partial charge in [-0.2, -0.15) is 5.26 Å². The monoisotopic (exact) mass is 195 g/mol. The number of allylic oxidation sites excluding steroid dienone is 1. The Balaban J connectivity index is 4.54. The molecule has 0 N–H and O–H groups in total. The molecule has 0 spiro atoms. The van der Waals surface area contributed by atoms with Crippen LogP contribution < -0.4 is 0 Å². The van der Waals surface area contributed by atoms with Gasteiger partial charge in [0.2, 0.25) is 0 Å². The van der Waals surface area contributed by atoms with Crippen LogP contribution in [0.25, 0.3) is 0 Å². The van der Waals surface area contributed by atoms with E-state index in [1.807, 2.05) is 19.9 Å². The van der Waals surface area contributed by atoms with Crippen LogP contribution in [0, 0.1) is 17.2 Å². The van der Waals surface area contributed by atoms with Crippen LogP contribution in [0.15, 0.2) is 11.6 Å². The quantitative estimate of drug-likeness (QED) is 0.384. The first-order chi connectivity index (χ1) is 6.69. The maximum absolute atomic E-state index is 11.2. The molecule has 0 heterocycles. The van der Waals surface area contributed by atoms with E-state index >= 15 is 0 Å². The second-order valence-electron chi connectivity index (χ2n) is 2.99. The van der Waals surface area contributed by atoms with E-state index in [4.69, 9.17) is 10.00 Å². The van der Waals surface area contributed by atoms with Gasteiger partial charge < -0.3 is 4.74 Å². The topological polar surface area (TPSA) is 50.1 Å². The molecular formula is C11H17NO2. The largest absolute Gasteiger partial charge is 0.462 e. The highest BCUT2D eigenvalue weighted by Crippen LogP contribution is 2.12. The molecule has 0 saturated carbocycles. The summed E-state index contributed by atoms with van der Waals surface area (Å²) in [5.41, 5.74) is 0.126. The van der Waals surface area contributed by atoms with E-state index in [1.54, 1.807) is 13.0 Å². The van der Waals surface area contributed by atoms with Crippen molar-refractivity contribution in [3.8, 4) is 6.07 Å². The Labute approximate surface area is 85.4 Å². The van der Waals surface area contributed by atoms with Gasteiger partial charge in [0.1, 0.15) is 11.6 Å². The number of rotatable bonds is 5. The SMILES string of the molecule is CCOC(=O)C(C#N)=CC(CC)CC. The molecule has 14 heavy (non-hydrogen) atoms. The van der Waals surface area contributed by atoms with Crippen LogP contribution in [0.2, 0.25) is 0 Å². The zero-order valence-corrected chi connectivity index (χ0v) is 9.04. The molecule has 0 rings (SSSR count). The molecule has 0 atom stereocenters. The molecule has 0 saturated heterocycles. The summed E-state index contributed by atoms with van der Waals surface area (Å²) in [7, 11) is 0. The Bertz CT molecular complexity index is 247. The highest BCUT2D eigenvalue weighted by Gasteiger charge is 2.11. The number of ether oxygens (including phenoxy) is 1. The van der Waals surface area contributed by atoms with Crippen LogP contribution in [0.3, 0.4) is 0 Å². The Morgan fingerprint density at radius 1 is 1.43 bits per heavy atom. The van der Waals surface area contributed by atoms with E-state index in [9.17, 15) is 4.79 Å². The summed E-state index contributed by atoms with van der Waals surface area (Å²) in [6.45, 7) is 6.10. The Morgan fingerprint density at radius 3 is 2.36 bits per heavy atom. The third kappa shape index (κ3) is 4.08. The summed E-state index contributed by atoms with van der Waals surface area (Å²) in [6.07, 6.45) is 3.57. The fraction of sp³-hybridized carbons (Fsp3) is 0.636. The van der Waals surface area contributed by atoms with Gasteiger partial charge in [0.05, 0.1) is 6.61 Å². The summed E-state index contributed by atoms with van der Waals surface area (Å²) in [5, 5.41) is 8.74. The van der Waals surface area contributed by atoms with Crippen LogP contribution in [-0.4, -0.2) is 12.6 Å². The van der Waals surface area contributed by atoms with Crippen molar-refractivity contribution in [1.82, 2.24) is 0 Å². The van der Waals surface area contributed by atoms with Gasteiger partial charge in [-0.05, 0) is 25.7 Å². The first kappa shape index (κ1) is 12.7. The van der Waals surface area contributed by atoms with Crippen molar-refractivity contribution >= 4 is 5.97 Å². The number of hydrogen-bond donors (Lipinski definition) is 0. The first-order valence-corrected chi connectivity index (χ1v) is 4.98. The number of esters is 1. The molecule has 0 aliphatic rings. The van der Waals surface area contributed by atoms with Crippen molar-refractivity contribution < 1.29 is 9.53 Å². The minimum atomic E-state index is -0.512. The summed E-state index contributed by atoms with van der Waals surface area (Å²) in [6, 6.07) is 1.87. The molecule has 3 heteroatoms. The summed E-state index contributed by atoms with van der Waals surface area (Å²) >= 11 is 0. The van der Waals surface area contributed by atoms with Gasteiger partial charge in [-0.25, -0.2) is 4.79 Å². The predicted molar refractivity (Wildman–Crippen MR) is 54.4 cm³/mol. The molecule has 0 aliphatic heterocycles. The fourth-order valence-corrected chi connectivity index (χ4v) is 1.12. The van der Waals surface area contributed by atoms with Crippen molar-refractivity contribution in [2.24, 2.45) is 5.92 Å². The molecule has 0 unspecified atom stereocenters. The molecule has 0 aromatic rings. The lowest BCUT2D eigenvalue weighted by Gasteiger charge is -2.06. The van der Waals surface area contributed by atoms with Gasteiger partial charge in [-0.15, -0.1) is 0 Å². The lowest BCUT2D eigenvalue weighted by atomic mass is 10.0. The second-order valence-corrected chi connectivity index (χ2v) is 2.99. The van der Waals surface area contributed by atoms with Crippen molar-refractivity contribution in [3.63, 3.8) is 0 Å². The van der Waals surface area contributed by atoms with E-state index < -0.39 is 5.97 Å². The Kier molecular flexibility index (Phi) is 6.47. The number of nitriles is 1. The van der Waals surface area contributed by atoms with Crippen LogP contribution >= 0.6 is 0 Å². The van der Waals surface area contributed by atoms with Gasteiger partial charge in [-0.3, -0.25) is 0 Å². The number of nitrogens with zero attached hydrogens (tertiary/aromatic N) is 1. The van der Waals surface area contributed by atoms with Gasteiger partial charge in [0, 0.05) is 0 Å². The fourth-order valence-electron chi connectivity index (χ4n) is 1.12. The third-order valence-corrected chi connectivity index (χ3v) is 2.07. The van der Waals surface area contributed by atoms with E-state index in [0.29, 0.717) is 6.61 Å². The normalized spacial score (nSPS) is 11.2. The minimum Gasteiger partial charge on any atom is -0.462 e. The Hall–Kier alpha value is -1.30. The van der Waals surface area contributed by atoms with Crippen molar-refractivity contribution in [2.75, 3.05) is 6.61 Å². The van der Waals surface area contributed by atoms with Crippen LogP contribution in [0.1, 0.15) is 33.6 Å². The Morgan fingerprint density at radius 2 is 2.00 bits per heavy atom. The summed E-state index contributed by atoms with van der Waals surface area (Å²) in [4.78, 5) is 11.2. The molecule has 0 amide bonds. The van der Waals surface area contributed by atoms with Gasteiger partial charge >= 0.3 is 5.97 Å². The maximum Gasteiger partial charge on any atom is 0.348 e. The highest BCUT2D eigenvalue weighted by molar-refractivity contribution is 5.92. The van der Waals surface area contributed by atoms with E-state index in [-0.39, 0.29) is 11.5 Å². The predicted octanol–water partition coefficient (Wildman–Crippen LogP) is 2.44. The summed E-state index contributed by atoms with van der Waals surface area (Å²) in [5.74, 6) is -0.226.